The molecule has 1 fully saturated rings. The molecule has 3 N–H and O–H groups in total. The molecule has 3 aromatic heterocycles. The van der Waals surface area contributed by atoms with E-state index in [-0.39, 0.29) is 30.6 Å². The highest BCUT2D eigenvalue weighted by atomic mass is 32.1. The predicted molar refractivity (Wildman–Crippen MR) is 120 cm³/mol. The van der Waals surface area contributed by atoms with Gasteiger partial charge in [0, 0.05) is 60.0 Å². The summed E-state index contributed by atoms with van der Waals surface area (Å²) in [5.41, 5.74) is 3.21. The molecule has 0 spiro atoms. The number of pyridine rings is 1. The van der Waals surface area contributed by atoms with E-state index >= 15 is 0 Å². The molecule has 3 aromatic rings. The average molecular weight is 444 g/mol. The van der Waals surface area contributed by atoms with Crippen molar-refractivity contribution in [3.63, 3.8) is 0 Å². The quantitative estimate of drug-likeness (QED) is 0.541. The van der Waals surface area contributed by atoms with Crippen molar-refractivity contribution in [3.05, 3.63) is 46.2 Å². The maximum Gasteiger partial charge on any atom is 0.261 e. The number of amides is 1. The Balaban J connectivity index is 1.61. The molecular weight excluding hydrogens is 414 g/mol. The smallest absolute Gasteiger partial charge is 0.261 e. The number of H-pyrrole nitrogens is 1. The molecule has 8 nitrogen and oxygen atoms in total. The van der Waals surface area contributed by atoms with Crippen LogP contribution in [0.4, 0.5) is 0 Å². The van der Waals surface area contributed by atoms with Crippen LogP contribution in [0.1, 0.15) is 53.4 Å². The van der Waals surface area contributed by atoms with Crippen molar-refractivity contribution in [1.82, 2.24) is 25.4 Å². The fourth-order valence-corrected chi connectivity index (χ4v) is 5.14. The first kappa shape index (κ1) is 21.9. The van der Waals surface area contributed by atoms with Crippen LogP contribution in [0.2, 0.25) is 0 Å². The zero-order valence-electron chi connectivity index (χ0n) is 18.1. The summed E-state index contributed by atoms with van der Waals surface area (Å²) < 4.78 is 6.16. The van der Waals surface area contributed by atoms with Gasteiger partial charge >= 0.3 is 0 Å². The van der Waals surface area contributed by atoms with Crippen molar-refractivity contribution < 1.29 is 14.6 Å². The third-order valence-electron chi connectivity index (χ3n) is 5.44. The van der Waals surface area contributed by atoms with Crippen LogP contribution in [0, 0.1) is 0 Å². The van der Waals surface area contributed by atoms with E-state index < -0.39 is 0 Å². The molecule has 1 saturated heterocycles. The number of carbonyl (C=O) groups excluding carboxylic acids is 1. The van der Waals surface area contributed by atoms with Gasteiger partial charge in [0.05, 0.1) is 25.5 Å². The van der Waals surface area contributed by atoms with E-state index in [9.17, 15) is 4.79 Å². The molecule has 0 aliphatic carbocycles. The topological polar surface area (TPSA) is 103 Å². The maximum absolute atomic E-state index is 12.8. The Morgan fingerprint density at radius 3 is 3.06 bits per heavy atom. The summed E-state index contributed by atoms with van der Waals surface area (Å²) in [5.74, 6) is -0.197. The maximum atomic E-state index is 12.8. The number of hydrogen-bond donors (Lipinski definition) is 3. The van der Waals surface area contributed by atoms with Gasteiger partial charge in [-0.25, -0.2) is 4.98 Å². The predicted octanol–water partition coefficient (Wildman–Crippen LogP) is 2.61. The van der Waals surface area contributed by atoms with E-state index in [0.29, 0.717) is 18.0 Å². The van der Waals surface area contributed by atoms with Crippen LogP contribution in [0.15, 0.2) is 24.5 Å². The normalized spacial score (nSPS) is 17.9. The monoisotopic (exact) mass is 443 g/mol. The number of aromatic amines is 1. The fourth-order valence-electron chi connectivity index (χ4n) is 4.03. The van der Waals surface area contributed by atoms with Gasteiger partial charge in [0.2, 0.25) is 0 Å². The van der Waals surface area contributed by atoms with Crippen molar-refractivity contribution in [3.8, 4) is 0 Å². The molecule has 4 rings (SSSR count). The highest BCUT2D eigenvalue weighted by molar-refractivity contribution is 7.20. The van der Waals surface area contributed by atoms with E-state index in [0.717, 1.165) is 34.6 Å². The molecule has 9 heteroatoms. The number of nitrogens with one attached hydrogen (secondary N) is 2. The summed E-state index contributed by atoms with van der Waals surface area (Å²) in [5, 5.41) is 20.2. The molecule has 0 saturated carbocycles. The van der Waals surface area contributed by atoms with Gasteiger partial charge in [-0.15, -0.1) is 11.3 Å². The highest BCUT2D eigenvalue weighted by Crippen LogP contribution is 2.37. The molecule has 31 heavy (non-hydrogen) atoms. The molecule has 0 radical (unpaired) electrons. The van der Waals surface area contributed by atoms with Gasteiger partial charge in [0.15, 0.2) is 0 Å². The Labute approximate surface area is 185 Å². The van der Waals surface area contributed by atoms with E-state index in [2.05, 4.69) is 46.2 Å². The number of morpholine rings is 1. The lowest BCUT2D eigenvalue weighted by Crippen LogP contribution is -2.39. The van der Waals surface area contributed by atoms with Gasteiger partial charge in [0.25, 0.3) is 5.91 Å². The number of thiophene rings is 1. The van der Waals surface area contributed by atoms with Crippen molar-refractivity contribution in [1.29, 1.82) is 0 Å². The van der Waals surface area contributed by atoms with E-state index in [1.54, 1.807) is 6.20 Å². The number of carbonyl (C=O) groups is 1. The van der Waals surface area contributed by atoms with Gasteiger partial charge in [-0.1, -0.05) is 26.8 Å². The second-order valence-corrected chi connectivity index (χ2v) is 9.79. The van der Waals surface area contributed by atoms with Gasteiger partial charge in [0.1, 0.15) is 9.71 Å². The second-order valence-electron chi connectivity index (χ2n) is 8.80. The van der Waals surface area contributed by atoms with Gasteiger partial charge in [-0.3, -0.25) is 14.8 Å². The largest absolute Gasteiger partial charge is 0.395 e. The Kier molecular flexibility index (Phi) is 6.38. The number of hydrogen-bond acceptors (Lipinski definition) is 7. The Morgan fingerprint density at radius 1 is 1.45 bits per heavy atom. The molecule has 166 valence electrons. The van der Waals surface area contributed by atoms with Crippen LogP contribution in [0.3, 0.4) is 0 Å². The zero-order valence-corrected chi connectivity index (χ0v) is 19.0. The van der Waals surface area contributed by atoms with Crippen LogP contribution < -0.4 is 5.32 Å². The Hall–Kier alpha value is -2.33. The van der Waals surface area contributed by atoms with Gasteiger partial charge in [-0.05, 0) is 6.07 Å². The number of nitrogens with zero attached hydrogens (tertiary/aromatic N) is 3. The zero-order chi connectivity index (χ0) is 22.0. The standard InChI is InChI=1S/C22H29N5O3S/c1-22(2,3)19-14(11-25-26-19)12-27-8-10-30-16(13-27)17-15-5-4-6-24-21(15)31-18(17)20(29)23-7-9-28/h4-6,11,16,28H,7-10,12-13H2,1-3H3,(H,23,29)(H,25,26). The van der Waals surface area contributed by atoms with Gasteiger partial charge < -0.3 is 15.2 Å². The van der Waals surface area contributed by atoms with Crippen LogP contribution in [0.25, 0.3) is 10.2 Å². The van der Waals surface area contributed by atoms with E-state index in [4.69, 9.17) is 9.84 Å². The first-order valence-electron chi connectivity index (χ1n) is 10.5. The van der Waals surface area contributed by atoms with Gasteiger partial charge in [-0.2, -0.15) is 5.10 Å². The summed E-state index contributed by atoms with van der Waals surface area (Å²) in [7, 11) is 0. The molecule has 1 aliphatic heterocycles. The minimum atomic E-state index is -0.230. The summed E-state index contributed by atoms with van der Waals surface area (Å²) >= 11 is 1.37. The first-order valence-corrected chi connectivity index (χ1v) is 11.3. The third kappa shape index (κ3) is 4.64. The average Bonchev–Trinajstić information content (AvgIpc) is 3.36. The van der Waals surface area contributed by atoms with Crippen molar-refractivity contribution in [2.75, 3.05) is 32.8 Å². The molecular formula is C22H29N5O3S. The van der Waals surface area contributed by atoms with E-state index in [1.165, 1.54) is 16.9 Å². The lowest BCUT2D eigenvalue weighted by atomic mass is 9.89. The van der Waals surface area contributed by atoms with Crippen molar-refractivity contribution in [2.24, 2.45) is 0 Å². The van der Waals surface area contributed by atoms with Crippen molar-refractivity contribution in [2.45, 2.75) is 38.8 Å². The number of aromatic nitrogens is 3. The summed E-state index contributed by atoms with van der Waals surface area (Å²) in [6, 6.07) is 3.88. The molecule has 1 unspecified atom stereocenters. The van der Waals surface area contributed by atoms with E-state index in [1.807, 2.05) is 18.3 Å². The minimum Gasteiger partial charge on any atom is -0.395 e. The molecule has 1 amide bonds. The van der Waals surface area contributed by atoms with Crippen LogP contribution in [-0.4, -0.2) is 63.9 Å². The minimum absolute atomic E-state index is 0.00921. The highest BCUT2D eigenvalue weighted by Gasteiger charge is 2.31. The molecule has 0 aromatic carbocycles. The SMILES string of the molecule is CC(C)(C)c1[nH]ncc1CN1CCOC(c2c(C(=O)NCCO)sc3ncccc23)C1. The fraction of sp³-hybridized carbons (Fsp3) is 0.500. The van der Waals surface area contributed by atoms with Crippen LogP contribution in [0.5, 0.6) is 0 Å². The number of rotatable bonds is 6. The number of fused-ring (bicyclic) bond motifs is 1. The summed E-state index contributed by atoms with van der Waals surface area (Å²) in [6.07, 6.45) is 3.41. The Bertz CT molecular complexity index is 1060. The molecule has 1 atom stereocenters. The second kappa shape index (κ2) is 9.04. The molecule has 4 heterocycles. The molecule has 1 aliphatic rings. The lowest BCUT2D eigenvalue weighted by molar-refractivity contribution is -0.0324. The molecule has 0 bridgehead atoms. The van der Waals surface area contributed by atoms with Crippen molar-refractivity contribution >= 4 is 27.5 Å². The first-order chi connectivity index (χ1) is 14.9. The number of aliphatic hydroxyl groups is 1. The Morgan fingerprint density at radius 2 is 2.29 bits per heavy atom. The summed E-state index contributed by atoms with van der Waals surface area (Å²) in [6.45, 7) is 9.49. The third-order valence-corrected chi connectivity index (χ3v) is 6.57. The lowest BCUT2D eigenvalue weighted by Gasteiger charge is -2.33. The van der Waals surface area contributed by atoms with Crippen LogP contribution >= 0.6 is 11.3 Å². The summed E-state index contributed by atoms with van der Waals surface area (Å²) in [4.78, 5) is 21.0. The number of ether oxygens (including phenoxy) is 1. The van der Waals surface area contributed by atoms with Crippen LogP contribution in [-0.2, 0) is 16.7 Å². The number of aliphatic hydroxyl groups excluding tert-OH is 1.